The van der Waals surface area contributed by atoms with E-state index in [0.717, 1.165) is 16.7 Å². The van der Waals surface area contributed by atoms with Crippen LogP contribution in [0, 0.1) is 0 Å². The number of hydrogen-bond donors (Lipinski definition) is 1. The van der Waals surface area contributed by atoms with Crippen molar-refractivity contribution in [2.75, 3.05) is 6.54 Å². The van der Waals surface area contributed by atoms with Crippen molar-refractivity contribution in [1.82, 2.24) is 10.3 Å². The van der Waals surface area contributed by atoms with E-state index < -0.39 is 0 Å². The highest BCUT2D eigenvalue weighted by Crippen LogP contribution is 2.34. The molecule has 90 valence electrons. The Hall–Kier alpha value is -0.420. The van der Waals surface area contributed by atoms with Crippen LogP contribution in [-0.2, 0) is 0 Å². The van der Waals surface area contributed by atoms with E-state index in [2.05, 4.69) is 38.5 Å². The largest absolute Gasteiger partial charge is 0.304 e. The summed E-state index contributed by atoms with van der Waals surface area (Å²) in [6.45, 7) is 2.94. The molecule has 2 aromatic heterocycles. The van der Waals surface area contributed by atoms with E-state index in [1.54, 1.807) is 17.5 Å². The standard InChI is InChI=1S/C12H12BrClN2S/c1-2-15-11(12-8(13)5-7-17-12)10-9(14)4-3-6-16-10/h3-7,11,15H,2H2,1H3. The molecule has 0 amide bonds. The fourth-order valence-electron chi connectivity index (χ4n) is 1.64. The second kappa shape index (κ2) is 5.96. The van der Waals surface area contributed by atoms with Crippen LogP contribution in [-0.4, -0.2) is 11.5 Å². The molecule has 5 heteroatoms. The van der Waals surface area contributed by atoms with E-state index in [9.17, 15) is 0 Å². The third kappa shape index (κ3) is 2.88. The van der Waals surface area contributed by atoms with E-state index in [0.29, 0.717) is 5.02 Å². The van der Waals surface area contributed by atoms with Gasteiger partial charge >= 0.3 is 0 Å². The van der Waals surface area contributed by atoms with Crippen molar-refractivity contribution >= 4 is 38.9 Å². The normalized spacial score (nSPS) is 12.6. The molecule has 2 rings (SSSR count). The molecule has 0 bridgehead atoms. The zero-order valence-corrected chi connectivity index (χ0v) is 12.4. The highest BCUT2D eigenvalue weighted by molar-refractivity contribution is 9.10. The zero-order chi connectivity index (χ0) is 12.3. The average Bonchev–Trinajstić information content (AvgIpc) is 2.74. The molecule has 0 aliphatic heterocycles. The first-order chi connectivity index (χ1) is 8.24. The minimum Gasteiger partial charge on any atom is -0.304 e. The first-order valence-corrected chi connectivity index (χ1v) is 7.35. The maximum absolute atomic E-state index is 6.21. The van der Waals surface area contributed by atoms with Crippen LogP contribution in [0.25, 0.3) is 0 Å². The van der Waals surface area contributed by atoms with Gasteiger partial charge in [0.25, 0.3) is 0 Å². The summed E-state index contributed by atoms with van der Waals surface area (Å²) in [5.41, 5.74) is 0.874. The van der Waals surface area contributed by atoms with E-state index in [1.165, 1.54) is 4.88 Å². The topological polar surface area (TPSA) is 24.9 Å². The summed E-state index contributed by atoms with van der Waals surface area (Å²) in [5, 5.41) is 6.17. The minimum absolute atomic E-state index is 0.0445. The van der Waals surface area contributed by atoms with E-state index >= 15 is 0 Å². The van der Waals surface area contributed by atoms with Gasteiger partial charge in [0.15, 0.2) is 0 Å². The molecule has 0 fully saturated rings. The van der Waals surface area contributed by atoms with Crippen LogP contribution in [0.1, 0.15) is 23.5 Å². The number of nitrogens with zero attached hydrogens (tertiary/aromatic N) is 1. The molecule has 0 aliphatic rings. The van der Waals surface area contributed by atoms with Gasteiger partial charge in [0.1, 0.15) is 0 Å². The molecule has 0 saturated heterocycles. The summed E-state index contributed by atoms with van der Waals surface area (Å²) in [5.74, 6) is 0. The minimum atomic E-state index is 0.0445. The average molecular weight is 332 g/mol. The van der Waals surface area contributed by atoms with Gasteiger partial charge in [0, 0.05) is 15.5 Å². The highest BCUT2D eigenvalue weighted by Gasteiger charge is 2.20. The Morgan fingerprint density at radius 3 is 2.94 bits per heavy atom. The van der Waals surface area contributed by atoms with Gasteiger partial charge in [0.2, 0.25) is 0 Å². The predicted octanol–water partition coefficient (Wildman–Crippen LogP) is 4.26. The summed E-state index contributed by atoms with van der Waals surface area (Å²) in [7, 11) is 0. The Morgan fingerprint density at radius 2 is 2.35 bits per heavy atom. The van der Waals surface area contributed by atoms with E-state index in [4.69, 9.17) is 11.6 Å². The molecule has 0 aromatic carbocycles. The third-order valence-corrected chi connectivity index (χ3v) is 4.63. The fraction of sp³-hybridized carbons (Fsp3) is 0.250. The van der Waals surface area contributed by atoms with Crippen molar-refractivity contribution in [1.29, 1.82) is 0 Å². The number of halogens is 2. The van der Waals surface area contributed by atoms with Gasteiger partial charge in [-0.1, -0.05) is 18.5 Å². The second-order valence-corrected chi connectivity index (χ2v) is 5.70. The van der Waals surface area contributed by atoms with Crippen molar-refractivity contribution in [3.63, 3.8) is 0 Å². The highest BCUT2D eigenvalue weighted by atomic mass is 79.9. The first kappa shape index (κ1) is 13.0. The molecule has 0 spiro atoms. The fourth-order valence-corrected chi connectivity index (χ4v) is 3.55. The Balaban J connectivity index is 2.43. The summed E-state index contributed by atoms with van der Waals surface area (Å²) in [6.07, 6.45) is 1.77. The van der Waals surface area contributed by atoms with Crippen LogP contribution < -0.4 is 5.32 Å². The van der Waals surface area contributed by atoms with Gasteiger partial charge in [-0.05, 0) is 46.1 Å². The van der Waals surface area contributed by atoms with Gasteiger partial charge in [-0.15, -0.1) is 11.3 Å². The van der Waals surface area contributed by atoms with Crippen molar-refractivity contribution in [2.24, 2.45) is 0 Å². The van der Waals surface area contributed by atoms with Crippen LogP contribution in [0.15, 0.2) is 34.2 Å². The quantitative estimate of drug-likeness (QED) is 0.905. The van der Waals surface area contributed by atoms with Gasteiger partial charge in [0.05, 0.1) is 16.8 Å². The summed E-state index contributed by atoms with van der Waals surface area (Å²) >= 11 is 11.5. The van der Waals surface area contributed by atoms with Crippen LogP contribution in [0.4, 0.5) is 0 Å². The maximum atomic E-state index is 6.21. The number of aromatic nitrogens is 1. The lowest BCUT2D eigenvalue weighted by molar-refractivity contribution is 0.623. The predicted molar refractivity (Wildman–Crippen MR) is 76.8 cm³/mol. The van der Waals surface area contributed by atoms with Crippen molar-refractivity contribution in [2.45, 2.75) is 13.0 Å². The van der Waals surface area contributed by atoms with Crippen molar-refractivity contribution in [3.8, 4) is 0 Å². The van der Waals surface area contributed by atoms with Gasteiger partial charge in [-0.3, -0.25) is 4.98 Å². The van der Waals surface area contributed by atoms with Crippen LogP contribution in [0.5, 0.6) is 0 Å². The molecular weight excluding hydrogens is 320 g/mol. The first-order valence-electron chi connectivity index (χ1n) is 5.30. The summed E-state index contributed by atoms with van der Waals surface area (Å²) in [6, 6.07) is 5.80. The maximum Gasteiger partial charge on any atom is 0.0871 e. The van der Waals surface area contributed by atoms with Crippen LogP contribution in [0.2, 0.25) is 5.02 Å². The molecule has 1 N–H and O–H groups in total. The molecule has 2 nitrogen and oxygen atoms in total. The number of pyridine rings is 1. The molecule has 1 unspecified atom stereocenters. The van der Waals surface area contributed by atoms with Crippen molar-refractivity contribution < 1.29 is 0 Å². The monoisotopic (exact) mass is 330 g/mol. The number of thiophene rings is 1. The Bertz CT molecular complexity index is 501. The summed E-state index contributed by atoms with van der Waals surface area (Å²) < 4.78 is 1.09. The van der Waals surface area contributed by atoms with Crippen LogP contribution >= 0.6 is 38.9 Å². The molecule has 17 heavy (non-hydrogen) atoms. The molecule has 1 atom stereocenters. The molecule has 0 radical (unpaired) electrons. The van der Waals surface area contributed by atoms with Crippen LogP contribution in [0.3, 0.4) is 0 Å². The molecular formula is C12H12BrClN2S. The smallest absolute Gasteiger partial charge is 0.0871 e. The lowest BCUT2D eigenvalue weighted by atomic mass is 10.1. The number of nitrogens with one attached hydrogen (secondary N) is 1. The Morgan fingerprint density at radius 1 is 1.53 bits per heavy atom. The SMILES string of the molecule is CCNC(c1ncccc1Cl)c1sccc1Br. The van der Waals surface area contributed by atoms with Gasteiger partial charge in [-0.2, -0.15) is 0 Å². The van der Waals surface area contributed by atoms with E-state index in [1.807, 2.05) is 18.2 Å². The lowest BCUT2D eigenvalue weighted by Gasteiger charge is -2.17. The Kier molecular flexibility index (Phi) is 4.56. The molecule has 0 aliphatic carbocycles. The number of rotatable bonds is 4. The molecule has 2 aromatic rings. The molecule has 0 saturated carbocycles. The third-order valence-electron chi connectivity index (χ3n) is 2.38. The zero-order valence-electron chi connectivity index (χ0n) is 9.28. The van der Waals surface area contributed by atoms with Gasteiger partial charge in [-0.25, -0.2) is 0 Å². The number of hydrogen-bond acceptors (Lipinski definition) is 3. The lowest BCUT2D eigenvalue weighted by Crippen LogP contribution is -2.22. The second-order valence-electron chi connectivity index (χ2n) is 3.49. The van der Waals surface area contributed by atoms with Gasteiger partial charge < -0.3 is 5.32 Å². The van der Waals surface area contributed by atoms with Crippen molar-refractivity contribution in [3.05, 3.63) is 49.8 Å². The Labute approximate surface area is 118 Å². The van der Waals surface area contributed by atoms with E-state index in [-0.39, 0.29) is 6.04 Å². The summed E-state index contributed by atoms with van der Waals surface area (Å²) in [4.78, 5) is 5.59. The molecule has 2 heterocycles.